The lowest BCUT2D eigenvalue weighted by Gasteiger charge is -2.13. The van der Waals surface area contributed by atoms with Crippen LogP contribution in [-0.4, -0.2) is 24.3 Å². The fourth-order valence-corrected chi connectivity index (χ4v) is 2.96. The average Bonchev–Trinajstić information content (AvgIpc) is 2.68. The van der Waals surface area contributed by atoms with Crippen LogP contribution in [-0.2, 0) is 11.0 Å². The Morgan fingerprint density at radius 3 is 2.40 bits per heavy atom. The van der Waals surface area contributed by atoms with Crippen molar-refractivity contribution in [3.63, 3.8) is 0 Å². The standard InChI is InChI=1S/C22H20ClF3O4/c1-2-5-16(14-20(27)28)15-8-10-17(11-9-15)29-12-4-13-30-19-7-3-6-18(21(19)23)22(24,25)26/h3,6-11,16H,4,12-14H2,1H3,(H,27,28). The van der Waals surface area contributed by atoms with E-state index in [1.54, 1.807) is 31.2 Å². The van der Waals surface area contributed by atoms with Crippen molar-refractivity contribution in [2.24, 2.45) is 0 Å². The van der Waals surface area contributed by atoms with E-state index in [1.807, 2.05) is 0 Å². The van der Waals surface area contributed by atoms with Gasteiger partial charge in [0, 0.05) is 6.42 Å². The molecule has 1 unspecified atom stereocenters. The van der Waals surface area contributed by atoms with Gasteiger partial charge in [0.2, 0.25) is 0 Å². The number of hydrogen-bond donors (Lipinski definition) is 1. The van der Waals surface area contributed by atoms with Gasteiger partial charge in [-0.2, -0.15) is 13.2 Å². The fraction of sp³-hybridized carbons (Fsp3) is 0.318. The smallest absolute Gasteiger partial charge is 0.417 e. The predicted octanol–water partition coefficient (Wildman–Crippen LogP) is 5.79. The predicted molar refractivity (Wildman–Crippen MR) is 107 cm³/mol. The highest BCUT2D eigenvalue weighted by molar-refractivity contribution is 6.32. The van der Waals surface area contributed by atoms with Crippen LogP contribution in [0.4, 0.5) is 13.2 Å². The van der Waals surface area contributed by atoms with Crippen molar-refractivity contribution in [2.45, 2.75) is 31.9 Å². The van der Waals surface area contributed by atoms with Gasteiger partial charge in [0.15, 0.2) is 0 Å². The molecule has 8 heteroatoms. The number of alkyl halides is 3. The van der Waals surface area contributed by atoms with Crippen molar-refractivity contribution in [3.8, 4) is 23.3 Å². The summed E-state index contributed by atoms with van der Waals surface area (Å²) in [5, 5.41) is 8.51. The Bertz CT molecular complexity index is 915. The van der Waals surface area contributed by atoms with Gasteiger partial charge in [-0.3, -0.25) is 4.79 Å². The number of benzene rings is 2. The molecule has 1 atom stereocenters. The first-order valence-electron chi connectivity index (χ1n) is 9.07. The van der Waals surface area contributed by atoms with Gasteiger partial charge in [0.25, 0.3) is 0 Å². The minimum Gasteiger partial charge on any atom is -0.493 e. The van der Waals surface area contributed by atoms with Crippen molar-refractivity contribution in [1.29, 1.82) is 0 Å². The zero-order chi connectivity index (χ0) is 22.1. The van der Waals surface area contributed by atoms with E-state index < -0.39 is 28.6 Å². The third-order valence-electron chi connectivity index (χ3n) is 4.06. The van der Waals surface area contributed by atoms with Gasteiger partial charge in [0.05, 0.1) is 36.1 Å². The highest BCUT2D eigenvalue weighted by atomic mass is 35.5. The molecule has 0 aliphatic carbocycles. The van der Waals surface area contributed by atoms with Gasteiger partial charge in [-0.05, 0) is 36.8 Å². The van der Waals surface area contributed by atoms with Gasteiger partial charge < -0.3 is 14.6 Å². The number of aliphatic carboxylic acids is 1. The van der Waals surface area contributed by atoms with Crippen molar-refractivity contribution in [2.75, 3.05) is 13.2 Å². The van der Waals surface area contributed by atoms with E-state index in [4.69, 9.17) is 26.2 Å². The minimum atomic E-state index is -4.54. The van der Waals surface area contributed by atoms with Crippen LogP contribution >= 0.6 is 11.6 Å². The van der Waals surface area contributed by atoms with Crippen LogP contribution in [0.2, 0.25) is 5.02 Å². The molecular weight excluding hydrogens is 421 g/mol. The molecule has 30 heavy (non-hydrogen) atoms. The number of rotatable bonds is 9. The molecule has 2 aromatic carbocycles. The van der Waals surface area contributed by atoms with E-state index >= 15 is 0 Å². The van der Waals surface area contributed by atoms with E-state index in [9.17, 15) is 18.0 Å². The summed E-state index contributed by atoms with van der Waals surface area (Å²) in [5.74, 6) is 4.83. The lowest BCUT2D eigenvalue weighted by atomic mass is 9.96. The summed E-state index contributed by atoms with van der Waals surface area (Å²) in [6, 6.07) is 10.5. The number of carbonyl (C=O) groups is 1. The maximum absolute atomic E-state index is 12.8. The summed E-state index contributed by atoms with van der Waals surface area (Å²) in [5.41, 5.74) is -0.159. The monoisotopic (exact) mass is 440 g/mol. The van der Waals surface area contributed by atoms with Crippen LogP contribution < -0.4 is 9.47 Å². The molecule has 0 spiro atoms. The van der Waals surface area contributed by atoms with Gasteiger partial charge >= 0.3 is 12.1 Å². The summed E-state index contributed by atoms with van der Waals surface area (Å²) >= 11 is 5.77. The second-order valence-corrected chi connectivity index (χ2v) is 6.66. The topological polar surface area (TPSA) is 55.8 Å². The quantitative estimate of drug-likeness (QED) is 0.396. The summed E-state index contributed by atoms with van der Waals surface area (Å²) in [6.45, 7) is 2.07. The zero-order valence-corrected chi connectivity index (χ0v) is 16.9. The maximum atomic E-state index is 12.8. The van der Waals surface area contributed by atoms with E-state index in [1.165, 1.54) is 12.1 Å². The van der Waals surface area contributed by atoms with Crippen molar-refractivity contribution >= 4 is 17.6 Å². The molecule has 2 aromatic rings. The zero-order valence-electron chi connectivity index (χ0n) is 16.1. The SMILES string of the molecule is CC#CC(CC(=O)O)c1ccc(OCCCOc2cccc(C(F)(F)F)c2Cl)cc1. The molecule has 0 fully saturated rings. The van der Waals surface area contributed by atoms with Crippen LogP contribution in [0.15, 0.2) is 42.5 Å². The molecule has 0 aliphatic heterocycles. The highest BCUT2D eigenvalue weighted by Crippen LogP contribution is 2.39. The highest BCUT2D eigenvalue weighted by Gasteiger charge is 2.34. The van der Waals surface area contributed by atoms with Gasteiger partial charge in [-0.15, -0.1) is 5.92 Å². The van der Waals surface area contributed by atoms with Crippen LogP contribution in [0.1, 0.15) is 36.8 Å². The summed E-state index contributed by atoms with van der Waals surface area (Å²) in [4.78, 5) is 11.0. The number of hydrogen-bond acceptors (Lipinski definition) is 3. The molecule has 160 valence electrons. The summed E-state index contributed by atoms with van der Waals surface area (Å²) < 4.78 is 49.5. The first-order chi connectivity index (χ1) is 14.2. The number of carboxylic acids is 1. The maximum Gasteiger partial charge on any atom is 0.417 e. The Hall–Kier alpha value is -2.85. The van der Waals surface area contributed by atoms with Crippen molar-refractivity contribution in [3.05, 3.63) is 58.6 Å². The van der Waals surface area contributed by atoms with Crippen LogP contribution in [0.25, 0.3) is 0 Å². The fourth-order valence-electron chi connectivity index (χ4n) is 2.67. The Morgan fingerprint density at radius 2 is 1.80 bits per heavy atom. The molecule has 0 saturated carbocycles. The summed E-state index contributed by atoms with van der Waals surface area (Å²) in [7, 11) is 0. The molecule has 0 bridgehead atoms. The second kappa shape index (κ2) is 10.8. The number of ether oxygens (including phenoxy) is 2. The summed E-state index contributed by atoms with van der Waals surface area (Å²) in [6.07, 6.45) is -4.20. The van der Waals surface area contributed by atoms with Gasteiger partial charge in [0.1, 0.15) is 11.5 Å². The molecule has 1 N–H and O–H groups in total. The first kappa shape index (κ1) is 23.4. The Balaban J connectivity index is 1.84. The van der Waals surface area contributed by atoms with Crippen molar-refractivity contribution in [1.82, 2.24) is 0 Å². The second-order valence-electron chi connectivity index (χ2n) is 6.28. The lowest BCUT2D eigenvalue weighted by molar-refractivity contribution is -0.138. The molecule has 0 saturated heterocycles. The molecule has 0 heterocycles. The van der Waals surface area contributed by atoms with E-state index in [-0.39, 0.29) is 25.4 Å². The Morgan fingerprint density at radius 1 is 1.13 bits per heavy atom. The molecule has 0 aromatic heterocycles. The third-order valence-corrected chi connectivity index (χ3v) is 4.45. The molecule has 2 rings (SSSR count). The third kappa shape index (κ3) is 6.89. The van der Waals surface area contributed by atoms with Crippen molar-refractivity contribution < 1.29 is 32.5 Å². The van der Waals surface area contributed by atoms with Gasteiger partial charge in [-0.25, -0.2) is 0 Å². The van der Waals surface area contributed by atoms with Crippen LogP contribution in [0, 0.1) is 11.8 Å². The largest absolute Gasteiger partial charge is 0.493 e. The minimum absolute atomic E-state index is 0.0302. The van der Waals surface area contributed by atoms with E-state index in [2.05, 4.69) is 11.8 Å². The number of carboxylic acid groups (broad SMARTS) is 1. The van der Waals surface area contributed by atoms with E-state index in [0.29, 0.717) is 12.2 Å². The Labute approximate surface area is 177 Å². The lowest BCUT2D eigenvalue weighted by Crippen LogP contribution is -2.09. The first-order valence-corrected chi connectivity index (χ1v) is 9.45. The normalized spacial score (nSPS) is 11.9. The molecule has 0 aliphatic rings. The molecule has 0 amide bonds. The van der Waals surface area contributed by atoms with Gasteiger partial charge in [-0.1, -0.05) is 35.7 Å². The van der Waals surface area contributed by atoms with E-state index in [0.717, 1.165) is 11.6 Å². The molecule has 4 nitrogen and oxygen atoms in total. The van der Waals surface area contributed by atoms with Crippen LogP contribution in [0.3, 0.4) is 0 Å². The van der Waals surface area contributed by atoms with Crippen LogP contribution in [0.5, 0.6) is 11.5 Å². The average molecular weight is 441 g/mol. The molecule has 0 radical (unpaired) electrons. The Kier molecular flexibility index (Phi) is 8.43. The molecular formula is C22H20ClF3O4. The number of halogens is 4.